The molecular formula is C10H11NO3. The minimum atomic E-state index is -0.484. The van der Waals surface area contributed by atoms with Crippen molar-refractivity contribution in [1.82, 2.24) is 0 Å². The van der Waals surface area contributed by atoms with Crippen molar-refractivity contribution in [3.63, 3.8) is 0 Å². The van der Waals surface area contributed by atoms with E-state index >= 15 is 0 Å². The predicted octanol–water partition coefficient (Wildman–Crippen LogP) is 2.34. The van der Waals surface area contributed by atoms with Crippen molar-refractivity contribution in [1.29, 1.82) is 0 Å². The quantitative estimate of drug-likeness (QED) is 0.579. The van der Waals surface area contributed by atoms with Gasteiger partial charge < -0.3 is 5.11 Å². The Hall–Kier alpha value is -1.84. The highest BCUT2D eigenvalue weighted by atomic mass is 16.6. The summed E-state index contributed by atoms with van der Waals surface area (Å²) < 4.78 is 0. The van der Waals surface area contributed by atoms with Gasteiger partial charge in [0.05, 0.1) is 4.92 Å². The smallest absolute Gasteiger partial charge is 0.243 e. The molecule has 1 aromatic rings. The maximum Gasteiger partial charge on any atom is 0.243 e. The van der Waals surface area contributed by atoms with E-state index in [1.807, 2.05) is 0 Å². The summed E-state index contributed by atoms with van der Waals surface area (Å²) in [5.41, 5.74) is 1.18. The van der Waals surface area contributed by atoms with Crippen LogP contribution in [0.15, 0.2) is 23.9 Å². The fourth-order valence-corrected chi connectivity index (χ4v) is 1.08. The molecule has 4 heteroatoms. The molecule has 0 aliphatic carbocycles. The number of phenols is 1. The summed E-state index contributed by atoms with van der Waals surface area (Å²) in [6.07, 6.45) is 1.35. The highest BCUT2D eigenvalue weighted by molar-refractivity contribution is 5.59. The molecule has 74 valence electrons. The predicted molar refractivity (Wildman–Crippen MR) is 53.5 cm³/mol. The fraction of sp³-hybridized carbons (Fsp3) is 0.200. The van der Waals surface area contributed by atoms with E-state index in [1.165, 1.54) is 13.0 Å². The lowest BCUT2D eigenvalue weighted by atomic mass is 10.1. The van der Waals surface area contributed by atoms with Crippen LogP contribution in [0.3, 0.4) is 0 Å². The van der Waals surface area contributed by atoms with E-state index in [4.69, 9.17) is 0 Å². The lowest BCUT2D eigenvalue weighted by Crippen LogP contribution is -1.93. The van der Waals surface area contributed by atoms with Crippen LogP contribution < -0.4 is 0 Å². The van der Waals surface area contributed by atoms with Gasteiger partial charge in [0.2, 0.25) is 5.70 Å². The fourth-order valence-electron chi connectivity index (χ4n) is 1.08. The van der Waals surface area contributed by atoms with E-state index in [2.05, 4.69) is 0 Å². The number of rotatable bonds is 2. The highest BCUT2D eigenvalue weighted by Gasteiger charge is 2.06. The molecule has 1 N–H and O–H groups in total. The van der Waals surface area contributed by atoms with Crippen LogP contribution in [0.2, 0.25) is 0 Å². The molecule has 0 bridgehead atoms. The van der Waals surface area contributed by atoms with Crippen LogP contribution in [0.25, 0.3) is 6.08 Å². The van der Waals surface area contributed by atoms with Gasteiger partial charge in [-0.1, -0.05) is 18.2 Å². The number of benzene rings is 1. The van der Waals surface area contributed by atoms with Crippen molar-refractivity contribution in [2.75, 3.05) is 0 Å². The van der Waals surface area contributed by atoms with Gasteiger partial charge in [0.15, 0.2) is 0 Å². The summed E-state index contributed by atoms with van der Waals surface area (Å²) >= 11 is 0. The third-order valence-electron chi connectivity index (χ3n) is 1.92. The Bertz CT molecular complexity index is 396. The molecule has 0 saturated carbocycles. The van der Waals surface area contributed by atoms with Crippen molar-refractivity contribution < 1.29 is 10.0 Å². The van der Waals surface area contributed by atoms with Gasteiger partial charge in [-0.25, -0.2) is 0 Å². The molecule has 0 spiro atoms. The largest absolute Gasteiger partial charge is 0.507 e. The van der Waals surface area contributed by atoms with Crippen LogP contribution >= 0.6 is 0 Å². The summed E-state index contributed by atoms with van der Waals surface area (Å²) in [6.45, 7) is 3.13. The number of phenolic OH excluding ortho intramolecular Hbond substituents is 1. The van der Waals surface area contributed by atoms with Crippen LogP contribution in [0.5, 0.6) is 5.75 Å². The van der Waals surface area contributed by atoms with Crippen molar-refractivity contribution in [2.45, 2.75) is 13.8 Å². The second-order valence-corrected chi connectivity index (χ2v) is 3.06. The first-order chi connectivity index (χ1) is 6.52. The summed E-state index contributed by atoms with van der Waals surface area (Å²) in [6, 6.07) is 5.12. The first-order valence-electron chi connectivity index (χ1n) is 4.13. The monoisotopic (exact) mass is 193 g/mol. The number of hydrogen-bond donors (Lipinski definition) is 1. The number of allylic oxidation sites excluding steroid dienone is 1. The van der Waals surface area contributed by atoms with E-state index in [-0.39, 0.29) is 11.4 Å². The number of hydrogen-bond acceptors (Lipinski definition) is 3. The lowest BCUT2D eigenvalue weighted by Gasteiger charge is -2.01. The van der Waals surface area contributed by atoms with Gasteiger partial charge in [0, 0.05) is 18.6 Å². The normalized spacial score (nSPS) is 11.4. The van der Waals surface area contributed by atoms with E-state index in [1.54, 1.807) is 25.1 Å². The Balaban J connectivity index is 3.15. The minimum Gasteiger partial charge on any atom is -0.507 e. The van der Waals surface area contributed by atoms with Gasteiger partial charge in [-0.3, -0.25) is 10.1 Å². The van der Waals surface area contributed by atoms with Gasteiger partial charge in [-0.15, -0.1) is 0 Å². The molecule has 1 rings (SSSR count). The zero-order valence-electron chi connectivity index (χ0n) is 8.02. The first-order valence-corrected chi connectivity index (χ1v) is 4.13. The molecule has 0 aliphatic heterocycles. The number of aryl methyl sites for hydroxylation is 1. The van der Waals surface area contributed by atoms with E-state index in [0.717, 1.165) is 0 Å². The van der Waals surface area contributed by atoms with Crippen molar-refractivity contribution >= 4 is 6.08 Å². The van der Waals surface area contributed by atoms with Crippen LogP contribution in [-0.2, 0) is 0 Å². The second kappa shape index (κ2) is 3.91. The van der Waals surface area contributed by atoms with Crippen LogP contribution in [-0.4, -0.2) is 10.0 Å². The Morgan fingerprint density at radius 3 is 2.79 bits per heavy atom. The number of para-hydroxylation sites is 1. The minimum absolute atomic E-state index is 0.00546. The number of nitro groups is 1. The van der Waals surface area contributed by atoms with Gasteiger partial charge >= 0.3 is 0 Å². The summed E-state index contributed by atoms with van der Waals surface area (Å²) in [4.78, 5) is 9.87. The number of nitrogens with zero attached hydrogens (tertiary/aromatic N) is 1. The summed E-state index contributed by atoms with van der Waals surface area (Å²) in [5, 5.41) is 19.9. The topological polar surface area (TPSA) is 63.4 Å². The Morgan fingerprint density at radius 2 is 2.21 bits per heavy atom. The van der Waals surface area contributed by atoms with Crippen LogP contribution in [0.1, 0.15) is 18.1 Å². The third-order valence-corrected chi connectivity index (χ3v) is 1.92. The molecule has 0 fully saturated rings. The maximum absolute atomic E-state index is 10.4. The van der Waals surface area contributed by atoms with Crippen LogP contribution in [0, 0.1) is 17.0 Å². The first kappa shape index (κ1) is 10.2. The Kier molecular flexibility index (Phi) is 2.86. The third kappa shape index (κ3) is 2.10. The molecule has 14 heavy (non-hydrogen) atoms. The number of aromatic hydroxyl groups is 1. The van der Waals surface area contributed by atoms with Crippen molar-refractivity contribution in [2.24, 2.45) is 0 Å². The molecule has 0 amide bonds. The highest BCUT2D eigenvalue weighted by Crippen LogP contribution is 2.23. The molecule has 0 heterocycles. The molecule has 0 unspecified atom stereocenters. The molecule has 4 nitrogen and oxygen atoms in total. The lowest BCUT2D eigenvalue weighted by molar-refractivity contribution is -0.422. The van der Waals surface area contributed by atoms with E-state index < -0.39 is 4.92 Å². The molecule has 0 radical (unpaired) electrons. The van der Waals surface area contributed by atoms with Gasteiger partial charge in [-0.2, -0.15) is 0 Å². The summed E-state index contributed by atoms with van der Waals surface area (Å²) in [7, 11) is 0. The average molecular weight is 193 g/mol. The molecule has 1 aromatic carbocycles. The molecule has 0 saturated heterocycles. The molecule has 0 aliphatic rings. The van der Waals surface area contributed by atoms with E-state index in [0.29, 0.717) is 11.1 Å². The van der Waals surface area contributed by atoms with Gasteiger partial charge in [-0.05, 0) is 12.5 Å². The molecule has 0 aromatic heterocycles. The SMILES string of the molecule is CC(=Cc1cccc(C)c1O)[N+](=O)[O-]. The Morgan fingerprint density at radius 1 is 1.57 bits per heavy atom. The van der Waals surface area contributed by atoms with Crippen molar-refractivity contribution in [3.05, 3.63) is 45.1 Å². The van der Waals surface area contributed by atoms with Gasteiger partial charge in [0.25, 0.3) is 0 Å². The average Bonchev–Trinajstić information content (AvgIpc) is 2.12. The zero-order valence-corrected chi connectivity index (χ0v) is 8.02. The van der Waals surface area contributed by atoms with Crippen molar-refractivity contribution in [3.8, 4) is 5.75 Å². The standard InChI is InChI=1S/C10H11NO3/c1-7-4-3-5-9(10(7)12)6-8(2)11(13)14/h3-6,12H,1-2H3. The summed E-state index contributed by atoms with van der Waals surface area (Å²) in [5.74, 6) is 0.0914. The maximum atomic E-state index is 10.4. The molecule has 0 atom stereocenters. The second-order valence-electron chi connectivity index (χ2n) is 3.06. The zero-order chi connectivity index (χ0) is 10.7. The van der Waals surface area contributed by atoms with E-state index in [9.17, 15) is 15.2 Å². The van der Waals surface area contributed by atoms with Gasteiger partial charge in [0.1, 0.15) is 5.75 Å². The van der Waals surface area contributed by atoms with Crippen LogP contribution in [0.4, 0.5) is 0 Å². The Labute approximate surface area is 81.6 Å². The molecular weight excluding hydrogens is 182 g/mol.